The summed E-state index contributed by atoms with van der Waals surface area (Å²) in [5.41, 5.74) is 0. The lowest BCUT2D eigenvalue weighted by molar-refractivity contribution is -0.123. The zero-order valence-electron chi connectivity index (χ0n) is 11.9. The van der Waals surface area contributed by atoms with Gasteiger partial charge < -0.3 is 14.3 Å². The Balaban J connectivity index is -0.000000179. The van der Waals surface area contributed by atoms with Crippen molar-refractivity contribution in [3.8, 4) is 0 Å². The summed E-state index contributed by atoms with van der Waals surface area (Å²) in [5, 5.41) is 0. The summed E-state index contributed by atoms with van der Waals surface area (Å²) in [6.45, 7) is 13.4. The van der Waals surface area contributed by atoms with Gasteiger partial charge in [0, 0.05) is 19.6 Å². The van der Waals surface area contributed by atoms with Gasteiger partial charge in [-0.05, 0) is 20.8 Å². The van der Waals surface area contributed by atoms with Crippen molar-refractivity contribution >= 4 is 6.29 Å². The molecular formula is C13H30O3. The van der Waals surface area contributed by atoms with Crippen molar-refractivity contribution in [3.05, 3.63) is 0 Å². The molecule has 16 heavy (non-hydrogen) atoms. The van der Waals surface area contributed by atoms with Crippen LogP contribution < -0.4 is 0 Å². The van der Waals surface area contributed by atoms with Crippen molar-refractivity contribution in [2.24, 2.45) is 0 Å². The maximum absolute atomic E-state index is 9.17. The van der Waals surface area contributed by atoms with Crippen molar-refractivity contribution < 1.29 is 14.3 Å². The Morgan fingerprint density at radius 3 is 1.38 bits per heavy atom. The molecule has 0 N–H and O–H groups in total. The van der Waals surface area contributed by atoms with Gasteiger partial charge in [0.2, 0.25) is 0 Å². The van der Waals surface area contributed by atoms with Crippen LogP contribution in [0.3, 0.4) is 0 Å². The molecule has 0 aliphatic rings. The SMILES string of the molecule is CCC=O.CCCC.CCOC(C)OCC. The second-order valence-corrected chi connectivity index (χ2v) is 3.05. The highest BCUT2D eigenvalue weighted by molar-refractivity contribution is 5.48. The monoisotopic (exact) mass is 234 g/mol. The van der Waals surface area contributed by atoms with Crippen molar-refractivity contribution in [1.29, 1.82) is 0 Å². The first-order valence-corrected chi connectivity index (χ1v) is 6.31. The van der Waals surface area contributed by atoms with Crippen LogP contribution in [0.4, 0.5) is 0 Å². The van der Waals surface area contributed by atoms with Crippen molar-refractivity contribution in [2.75, 3.05) is 13.2 Å². The molecule has 0 rings (SSSR count). The minimum Gasteiger partial charge on any atom is -0.353 e. The molecule has 0 aromatic heterocycles. The summed E-state index contributed by atoms with van der Waals surface area (Å²) in [6, 6.07) is 0. The molecule has 0 aromatic carbocycles. The number of carbonyl (C=O) groups excluding carboxylic acids is 1. The molecule has 0 heterocycles. The molecule has 0 saturated carbocycles. The third kappa shape index (κ3) is 37.4. The Labute approximate surface area is 102 Å². The number of hydrogen-bond acceptors (Lipinski definition) is 3. The van der Waals surface area contributed by atoms with E-state index in [1.54, 1.807) is 0 Å². The standard InChI is InChI=1S/C6H14O2.C4H10.C3H6O/c1-4-7-6(3)8-5-2;1-3-4-2;1-2-3-4/h6H,4-5H2,1-3H3;3-4H2,1-2H3;3H,2H2,1H3. The first-order valence-electron chi connectivity index (χ1n) is 6.31. The van der Waals surface area contributed by atoms with Gasteiger partial charge in [0.05, 0.1) is 0 Å². The molecule has 0 saturated heterocycles. The highest BCUT2D eigenvalue weighted by Crippen LogP contribution is 1.90. The van der Waals surface area contributed by atoms with Crippen LogP contribution in [0, 0.1) is 0 Å². The average Bonchev–Trinajstić information content (AvgIpc) is 2.30. The van der Waals surface area contributed by atoms with E-state index in [2.05, 4.69) is 13.8 Å². The molecule has 0 unspecified atom stereocenters. The molecule has 0 radical (unpaired) electrons. The van der Waals surface area contributed by atoms with Crippen LogP contribution >= 0.6 is 0 Å². The van der Waals surface area contributed by atoms with Crippen LogP contribution in [-0.2, 0) is 14.3 Å². The summed E-state index contributed by atoms with van der Waals surface area (Å²) in [7, 11) is 0. The van der Waals surface area contributed by atoms with E-state index in [9.17, 15) is 4.79 Å². The summed E-state index contributed by atoms with van der Waals surface area (Å²) >= 11 is 0. The summed E-state index contributed by atoms with van der Waals surface area (Å²) in [5.74, 6) is 0. The van der Waals surface area contributed by atoms with E-state index in [-0.39, 0.29) is 6.29 Å². The maximum atomic E-state index is 9.17. The molecule has 0 fully saturated rings. The number of carbonyl (C=O) groups is 1. The van der Waals surface area contributed by atoms with E-state index >= 15 is 0 Å². The number of hydrogen-bond donors (Lipinski definition) is 0. The normalized spacial score (nSPS) is 8.69. The van der Waals surface area contributed by atoms with Crippen LogP contribution in [0.25, 0.3) is 0 Å². The lowest BCUT2D eigenvalue weighted by atomic mass is 10.4. The summed E-state index contributed by atoms with van der Waals surface area (Å²) < 4.78 is 10.1. The van der Waals surface area contributed by atoms with Crippen LogP contribution in [0.5, 0.6) is 0 Å². The van der Waals surface area contributed by atoms with E-state index in [0.29, 0.717) is 6.42 Å². The molecular weight excluding hydrogens is 204 g/mol. The molecule has 0 amide bonds. The maximum Gasteiger partial charge on any atom is 0.154 e. The van der Waals surface area contributed by atoms with Gasteiger partial charge in [-0.1, -0.05) is 33.6 Å². The molecule has 0 aliphatic carbocycles. The molecule has 0 aromatic rings. The topological polar surface area (TPSA) is 35.5 Å². The number of unbranched alkanes of at least 4 members (excludes halogenated alkanes) is 1. The van der Waals surface area contributed by atoms with E-state index in [1.807, 2.05) is 27.7 Å². The first kappa shape index (κ1) is 20.9. The van der Waals surface area contributed by atoms with E-state index in [0.717, 1.165) is 19.5 Å². The van der Waals surface area contributed by atoms with Gasteiger partial charge >= 0.3 is 0 Å². The summed E-state index contributed by atoms with van der Waals surface area (Å²) in [6.07, 6.45) is 4.12. The number of ether oxygens (including phenoxy) is 2. The minimum absolute atomic E-state index is 0.0370. The third-order valence-electron chi connectivity index (χ3n) is 1.47. The van der Waals surface area contributed by atoms with Gasteiger partial charge in [0.1, 0.15) is 6.29 Å². The fourth-order valence-electron chi connectivity index (χ4n) is 0.518. The van der Waals surface area contributed by atoms with Gasteiger partial charge in [-0.25, -0.2) is 0 Å². The molecule has 0 aliphatic heterocycles. The van der Waals surface area contributed by atoms with Crippen LogP contribution in [0.15, 0.2) is 0 Å². The molecule has 0 spiro atoms. The summed E-state index contributed by atoms with van der Waals surface area (Å²) in [4.78, 5) is 9.17. The highest BCUT2D eigenvalue weighted by Gasteiger charge is 1.94. The van der Waals surface area contributed by atoms with Gasteiger partial charge in [-0.3, -0.25) is 0 Å². The molecule has 100 valence electrons. The first-order chi connectivity index (χ1) is 7.64. The van der Waals surface area contributed by atoms with E-state index < -0.39 is 0 Å². The fraction of sp³-hybridized carbons (Fsp3) is 0.923. The van der Waals surface area contributed by atoms with Gasteiger partial charge in [0.25, 0.3) is 0 Å². The molecule has 0 atom stereocenters. The Morgan fingerprint density at radius 1 is 0.938 bits per heavy atom. The van der Waals surface area contributed by atoms with E-state index in [1.165, 1.54) is 12.8 Å². The average molecular weight is 234 g/mol. The quantitative estimate of drug-likeness (QED) is 0.518. The third-order valence-corrected chi connectivity index (χ3v) is 1.47. The fourth-order valence-corrected chi connectivity index (χ4v) is 0.518. The number of aldehydes is 1. The Kier molecular flexibility index (Phi) is 31.4. The number of rotatable bonds is 6. The van der Waals surface area contributed by atoms with Crippen LogP contribution in [0.1, 0.15) is 60.8 Å². The van der Waals surface area contributed by atoms with Crippen molar-refractivity contribution in [2.45, 2.75) is 67.1 Å². The van der Waals surface area contributed by atoms with Gasteiger partial charge in [0.15, 0.2) is 6.29 Å². The zero-order valence-corrected chi connectivity index (χ0v) is 11.9. The van der Waals surface area contributed by atoms with Gasteiger partial charge in [-0.2, -0.15) is 0 Å². The molecule has 3 heteroatoms. The van der Waals surface area contributed by atoms with Gasteiger partial charge in [-0.15, -0.1) is 0 Å². The Bertz CT molecular complexity index is 97.4. The minimum atomic E-state index is -0.0370. The Hall–Kier alpha value is -0.410. The second kappa shape index (κ2) is 24.0. The Morgan fingerprint density at radius 2 is 1.25 bits per heavy atom. The van der Waals surface area contributed by atoms with Crippen LogP contribution in [-0.4, -0.2) is 25.8 Å². The predicted molar refractivity (Wildman–Crippen MR) is 69.7 cm³/mol. The lowest BCUT2D eigenvalue weighted by Crippen LogP contribution is -2.11. The second-order valence-electron chi connectivity index (χ2n) is 3.05. The smallest absolute Gasteiger partial charge is 0.154 e. The molecule has 0 bridgehead atoms. The van der Waals surface area contributed by atoms with Crippen molar-refractivity contribution in [3.63, 3.8) is 0 Å². The largest absolute Gasteiger partial charge is 0.353 e. The predicted octanol–water partition coefficient (Wildman–Crippen LogP) is 3.81. The zero-order chi connectivity index (χ0) is 13.2. The van der Waals surface area contributed by atoms with E-state index in [4.69, 9.17) is 9.47 Å². The lowest BCUT2D eigenvalue weighted by Gasteiger charge is -2.09. The van der Waals surface area contributed by atoms with Crippen molar-refractivity contribution in [1.82, 2.24) is 0 Å². The molecule has 3 nitrogen and oxygen atoms in total. The highest BCUT2D eigenvalue weighted by atomic mass is 16.7. The van der Waals surface area contributed by atoms with Crippen LogP contribution in [0.2, 0.25) is 0 Å².